The Hall–Kier alpha value is -1.15. The summed E-state index contributed by atoms with van der Waals surface area (Å²) in [6, 6.07) is 5.82. The van der Waals surface area contributed by atoms with E-state index in [4.69, 9.17) is 16.3 Å². The molecule has 0 aromatic heterocycles. The highest BCUT2D eigenvalue weighted by Crippen LogP contribution is 2.26. The van der Waals surface area contributed by atoms with Crippen molar-refractivity contribution in [3.8, 4) is 0 Å². The maximum Gasteiger partial charge on any atom is 0.187 e. The molecule has 1 aliphatic heterocycles. The molecule has 13 heavy (non-hydrogen) atoms. The molecule has 0 saturated heterocycles. The Labute approximate surface area is 82.2 Å². The van der Waals surface area contributed by atoms with Crippen LogP contribution in [-0.4, -0.2) is 7.11 Å². The lowest BCUT2D eigenvalue weighted by Crippen LogP contribution is -2.09. The van der Waals surface area contributed by atoms with Crippen molar-refractivity contribution in [1.29, 1.82) is 0 Å². The van der Waals surface area contributed by atoms with Crippen molar-refractivity contribution in [3.05, 3.63) is 40.7 Å². The van der Waals surface area contributed by atoms with Crippen molar-refractivity contribution in [1.82, 2.24) is 0 Å². The van der Waals surface area contributed by atoms with Gasteiger partial charge in [0.05, 0.1) is 7.11 Å². The van der Waals surface area contributed by atoms with Crippen LogP contribution in [0, 0.1) is 0 Å². The van der Waals surface area contributed by atoms with E-state index < -0.39 is 0 Å². The molecule has 68 valence electrons. The van der Waals surface area contributed by atoms with Gasteiger partial charge in [-0.25, -0.2) is 0 Å². The van der Waals surface area contributed by atoms with Crippen molar-refractivity contribution in [2.45, 2.75) is 6.42 Å². The largest absolute Gasteiger partial charge is 0.482 e. The molecule has 0 atom stereocenters. The third kappa shape index (κ3) is 1.63. The zero-order valence-corrected chi connectivity index (χ0v) is 8.06. The number of hydrogen-bond donors (Lipinski definition) is 1. The minimum atomic E-state index is 0.739. The summed E-state index contributed by atoms with van der Waals surface area (Å²) in [7, 11) is 1.65. The summed E-state index contributed by atoms with van der Waals surface area (Å²) in [5.41, 5.74) is 2.28. The number of benzene rings is 1. The molecule has 1 N–H and O–H groups in total. The molecule has 1 aromatic carbocycles. The van der Waals surface area contributed by atoms with Crippen molar-refractivity contribution >= 4 is 17.3 Å². The van der Waals surface area contributed by atoms with Crippen LogP contribution in [0.15, 0.2) is 30.2 Å². The molecule has 0 unspecified atom stereocenters. The van der Waals surface area contributed by atoms with Crippen LogP contribution in [0.4, 0.5) is 5.69 Å². The summed E-state index contributed by atoms with van der Waals surface area (Å²) in [5, 5.41) is 3.88. The van der Waals surface area contributed by atoms with Gasteiger partial charge in [0.1, 0.15) is 0 Å². The lowest BCUT2D eigenvalue weighted by Gasteiger charge is -2.18. The van der Waals surface area contributed by atoms with Crippen LogP contribution in [0.25, 0.3) is 0 Å². The van der Waals surface area contributed by atoms with E-state index >= 15 is 0 Å². The fourth-order valence-electron chi connectivity index (χ4n) is 1.36. The van der Waals surface area contributed by atoms with Gasteiger partial charge in [0.25, 0.3) is 0 Å². The number of rotatable bonds is 1. The topological polar surface area (TPSA) is 21.3 Å². The molecule has 0 spiro atoms. The molecule has 2 nitrogen and oxygen atoms in total. The van der Waals surface area contributed by atoms with Gasteiger partial charge in [-0.15, -0.1) is 0 Å². The summed E-state index contributed by atoms with van der Waals surface area (Å²) < 4.78 is 5.09. The number of ether oxygens (including phenoxy) is 1. The molecule has 0 amide bonds. The van der Waals surface area contributed by atoms with Gasteiger partial charge in [-0.1, -0.05) is 17.7 Å². The zero-order chi connectivity index (χ0) is 9.26. The van der Waals surface area contributed by atoms with E-state index in [1.54, 1.807) is 7.11 Å². The first-order valence-electron chi connectivity index (χ1n) is 4.09. The average molecular weight is 196 g/mol. The van der Waals surface area contributed by atoms with Gasteiger partial charge in [-0.2, -0.15) is 0 Å². The summed E-state index contributed by atoms with van der Waals surface area (Å²) >= 11 is 5.87. The van der Waals surface area contributed by atoms with E-state index in [0.29, 0.717) is 0 Å². The third-order valence-electron chi connectivity index (χ3n) is 2.06. The summed E-state index contributed by atoms with van der Waals surface area (Å²) in [6.07, 6.45) is 2.90. The highest BCUT2D eigenvalue weighted by Gasteiger charge is 2.09. The van der Waals surface area contributed by atoms with E-state index in [-0.39, 0.29) is 0 Å². The first kappa shape index (κ1) is 8.45. The number of anilines is 1. The molecule has 1 aliphatic rings. The predicted molar refractivity (Wildman–Crippen MR) is 53.9 cm³/mol. The number of hydrogen-bond acceptors (Lipinski definition) is 2. The minimum absolute atomic E-state index is 0.739. The van der Waals surface area contributed by atoms with Crippen LogP contribution < -0.4 is 5.32 Å². The first-order chi connectivity index (χ1) is 6.29. The summed E-state index contributed by atoms with van der Waals surface area (Å²) in [5.74, 6) is 0.787. The molecule has 1 aromatic rings. The number of nitrogens with one attached hydrogen (secondary N) is 1. The molecule has 1 heterocycles. The lowest BCUT2D eigenvalue weighted by molar-refractivity contribution is 0.295. The van der Waals surface area contributed by atoms with Crippen molar-refractivity contribution in [3.63, 3.8) is 0 Å². The van der Waals surface area contributed by atoms with Crippen LogP contribution in [0.1, 0.15) is 5.56 Å². The second kappa shape index (κ2) is 3.30. The van der Waals surface area contributed by atoms with E-state index in [1.165, 1.54) is 5.56 Å². The van der Waals surface area contributed by atoms with Crippen LogP contribution in [0.2, 0.25) is 5.02 Å². The van der Waals surface area contributed by atoms with Gasteiger partial charge in [-0.05, 0) is 30.2 Å². The van der Waals surface area contributed by atoms with Gasteiger partial charge >= 0.3 is 0 Å². The van der Waals surface area contributed by atoms with Crippen LogP contribution in [-0.2, 0) is 11.2 Å². The van der Waals surface area contributed by atoms with Gasteiger partial charge in [0.2, 0.25) is 0 Å². The van der Waals surface area contributed by atoms with E-state index in [0.717, 1.165) is 23.0 Å². The maximum absolute atomic E-state index is 5.87. The standard InChI is InChI=1S/C10H10ClNO/c1-13-10-5-3-7-2-4-8(11)6-9(7)12-10/h2,4-6,12H,3H2,1H3. The monoisotopic (exact) mass is 195 g/mol. The molecule has 2 rings (SSSR count). The van der Waals surface area contributed by atoms with Crippen molar-refractivity contribution in [2.75, 3.05) is 12.4 Å². The highest BCUT2D eigenvalue weighted by molar-refractivity contribution is 6.30. The van der Waals surface area contributed by atoms with E-state index in [1.807, 2.05) is 24.3 Å². The predicted octanol–water partition coefficient (Wildman–Crippen LogP) is 2.80. The van der Waals surface area contributed by atoms with Crippen LogP contribution in [0.5, 0.6) is 0 Å². The van der Waals surface area contributed by atoms with Crippen molar-refractivity contribution < 1.29 is 4.74 Å². The molecule has 0 fully saturated rings. The van der Waals surface area contributed by atoms with Crippen molar-refractivity contribution in [2.24, 2.45) is 0 Å². The number of halogens is 1. The van der Waals surface area contributed by atoms with Crippen LogP contribution >= 0.6 is 11.6 Å². The zero-order valence-electron chi connectivity index (χ0n) is 7.30. The minimum Gasteiger partial charge on any atom is -0.482 e. The summed E-state index contributed by atoms with van der Waals surface area (Å²) in [6.45, 7) is 0. The van der Waals surface area contributed by atoms with E-state index in [9.17, 15) is 0 Å². The fraction of sp³-hybridized carbons (Fsp3) is 0.200. The Kier molecular flexibility index (Phi) is 2.15. The average Bonchev–Trinajstić information content (AvgIpc) is 2.16. The molecular weight excluding hydrogens is 186 g/mol. The quantitative estimate of drug-likeness (QED) is 0.744. The molecule has 0 bridgehead atoms. The Balaban J connectivity index is 2.34. The summed E-state index contributed by atoms with van der Waals surface area (Å²) in [4.78, 5) is 0. The Morgan fingerprint density at radius 1 is 1.46 bits per heavy atom. The maximum atomic E-state index is 5.87. The van der Waals surface area contributed by atoms with Crippen LogP contribution in [0.3, 0.4) is 0 Å². The molecule has 0 aliphatic carbocycles. The normalized spacial score (nSPS) is 14.2. The third-order valence-corrected chi connectivity index (χ3v) is 2.29. The number of methoxy groups -OCH3 is 1. The Bertz CT molecular complexity index is 360. The first-order valence-corrected chi connectivity index (χ1v) is 4.47. The fourth-order valence-corrected chi connectivity index (χ4v) is 1.54. The lowest BCUT2D eigenvalue weighted by atomic mass is 10.1. The number of allylic oxidation sites excluding steroid dienone is 1. The van der Waals surface area contributed by atoms with Gasteiger partial charge in [0, 0.05) is 10.7 Å². The molecule has 0 saturated carbocycles. The van der Waals surface area contributed by atoms with Gasteiger partial charge in [0.15, 0.2) is 5.88 Å². The number of fused-ring (bicyclic) bond motifs is 1. The van der Waals surface area contributed by atoms with Gasteiger partial charge < -0.3 is 10.1 Å². The van der Waals surface area contributed by atoms with E-state index in [2.05, 4.69) is 5.32 Å². The second-order valence-electron chi connectivity index (χ2n) is 2.90. The highest BCUT2D eigenvalue weighted by atomic mass is 35.5. The molecule has 0 radical (unpaired) electrons. The second-order valence-corrected chi connectivity index (χ2v) is 3.34. The molecule has 3 heteroatoms. The Morgan fingerprint density at radius 2 is 2.31 bits per heavy atom. The SMILES string of the molecule is COC1=CCc2ccc(Cl)cc2N1. The Morgan fingerprint density at radius 3 is 3.08 bits per heavy atom. The molecular formula is C10H10ClNO. The van der Waals surface area contributed by atoms with Gasteiger partial charge in [-0.3, -0.25) is 0 Å². The smallest absolute Gasteiger partial charge is 0.187 e.